The van der Waals surface area contributed by atoms with Gasteiger partial charge >= 0.3 is 0 Å². The maximum atomic E-state index is 13.0. The van der Waals surface area contributed by atoms with Gasteiger partial charge in [0.1, 0.15) is 11.0 Å². The quantitative estimate of drug-likeness (QED) is 0.834. The third-order valence-electron chi connectivity index (χ3n) is 4.10. The lowest BCUT2D eigenvalue weighted by molar-refractivity contribution is -0.120. The fourth-order valence-corrected chi connectivity index (χ4v) is 5.27. The SMILES string of the molecule is N#Cc1ccc(Cl)cc1S(=O)(=O)N1CCCC(C(=O)Nc2nccs2)C1. The second-order valence-corrected chi connectivity index (χ2v) is 9.02. The Morgan fingerprint density at radius 3 is 2.96 bits per heavy atom. The summed E-state index contributed by atoms with van der Waals surface area (Å²) in [4.78, 5) is 16.3. The smallest absolute Gasteiger partial charge is 0.244 e. The summed E-state index contributed by atoms with van der Waals surface area (Å²) in [5.74, 6) is -0.737. The molecule has 1 atom stereocenters. The summed E-state index contributed by atoms with van der Waals surface area (Å²) in [6.07, 6.45) is 2.72. The van der Waals surface area contributed by atoms with Gasteiger partial charge in [-0.15, -0.1) is 11.3 Å². The van der Waals surface area contributed by atoms with Gasteiger partial charge in [0.05, 0.1) is 11.5 Å². The van der Waals surface area contributed by atoms with Crippen molar-refractivity contribution in [2.45, 2.75) is 17.7 Å². The molecule has 1 fully saturated rings. The van der Waals surface area contributed by atoms with E-state index in [0.29, 0.717) is 24.5 Å². The van der Waals surface area contributed by atoms with Crippen LogP contribution in [0.4, 0.5) is 5.13 Å². The summed E-state index contributed by atoms with van der Waals surface area (Å²) in [6, 6.07) is 6.01. The summed E-state index contributed by atoms with van der Waals surface area (Å²) < 4.78 is 27.2. The number of piperidine rings is 1. The number of halogens is 1. The minimum absolute atomic E-state index is 0.0313. The zero-order valence-electron chi connectivity index (χ0n) is 13.6. The Morgan fingerprint density at radius 1 is 1.46 bits per heavy atom. The van der Waals surface area contributed by atoms with Crippen LogP contribution < -0.4 is 5.32 Å². The highest BCUT2D eigenvalue weighted by Gasteiger charge is 2.34. The maximum absolute atomic E-state index is 13.0. The number of nitrogens with zero attached hydrogens (tertiary/aromatic N) is 3. The van der Waals surface area contributed by atoms with Gasteiger partial charge in [0, 0.05) is 29.7 Å². The molecule has 2 aromatic rings. The number of rotatable bonds is 4. The first kappa shape index (κ1) is 18.8. The van der Waals surface area contributed by atoms with E-state index in [-0.39, 0.29) is 27.9 Å². The number of hydrogen-bond acceptors (Lipinski definition) is 6. The normalized spacial score (nSPS) is 18.2. The molecule has 2 heterocycles. The van der Waals surface area contributed by atoms with Gasteiger partial charge in [-0.3, -0.25) is 4.79 Å². The molecule has 10 heteroatoms. The second-order valence-electron chi connectivity index (χ2n) is 5.78. The van der Waals surface area contributed by atoms with Crippen LogP contribution in [0.5, 0.6) is 0 Å². The highest BCUT2D eigenvalue weighted by Crippen LogP contribution is 2.28. The number of carbonyl (C=O) groups is 1. The predicted molar refractivity (Wildman–Crippen MR) is 98.4 cm³/mol. The van der Waals surface area contributed by atoms with Gasteiger partial charge in [0.25, 0.3) is 0 Å². The van der Waals surface area contributed by atoms with Crippen LogP contribution >= 0.6 is 22.9 Å². The van der Waals surface area contributed by atoms with E-state index in [1.165, 1.54) is 33.8 Å². The Labute approximate surface area is 160 Å². The molecule has 1 aromatic heterocycles. The number of thiazole rings is 1. The molecule has 1 aliphatic rings. The standard InChI is InChI=1S/C16H15ClN4O3S2/c17-13-4-3-11(9-18)14(8-13)26(23,24)21-6-1-2-12(10-21)15(22)20-16-19-5-7-25-16/h3-5,7-8,12H,1-2,6,10H2,(H,19,20,22). The van der Waals surface area contributed by atoms with E-state index in [4.69, 9.17) is 11.6 Å². The van der Waals surface area contributed by atoms with Crippen molar-refractivity contribution < 1.29 is 13.2 Å². The van der Waals surface area contributed by atoms with E-state index < -0.39 is 15.9 Å². The Balaban J connectivity index is 1.81. The topological polar surface area (TPSA) is 103 Å². The number of nitrogens with one attached hydrogen (secondary N) is 1. The van der Waals surface area contributed by atoms with Crippen molar-refractivity contribution in [3.05, 3.63) is 40.4 Å². The Bertz CT molecular complexity index is 954. The number of hydrogen-bond donors (Lipinski definition) is 1. The van der Waals surface area contributed by atoms with Gasteiger partial charge in [-0.05, 0) is 31.0 Å². The summed E-state index contributed by atoms with van der Waals surface area (Å²) in [5.41, 5.74) is 0.0313. The van der Waals surface area contributed by atoms with Crippen molar-refractivity contribution in [3.63, 3.8) is 0 Å². The Kier molecular flexibility index (Phi) is 5.58. The summed E-state index contributed by atoms with van der Waals surface area (Å²) in [5, 5.41) is 14.4. The first-order valence-corrected chi connectivity index (χ1v) is 10.5. The third kappa shape index (κ3) is 3.88. The van der Waals surface area contributed by atoms with Crippen LogP contribution in [0.2, 0.25) is 5.02 Å². The fraction of sp³-hybridized carbons (Fsp3) is 0.312. The Hall–Kier alpha value is -1.99. The fourth-order valence-electron chi connectivity index (χ4n) is 2.81. The van der Waals surface area contributed by atoms with Crippen LogP contribution in [0.3, 0.4) is 0 Å². The van der Waals surface area contributed by atoms with E-state index in [9.17, 15) is 18.5 Å². The predicted octanol–water partition coefficient (Wildman–Crippen LogP) is 2.71. The molecule has 1 amide bonds. The molecule has 1 aliphatic heterocycles. The summed E-state index contributed by atoms with van der Waals surface area (Å²) in [7, 11) is -3.92. The number of anilines is 1. The number of sulfonamides is 1. The molecule has 0 aliphatic carbocycles. The largest absolute Gasteiger partial charge is 0.302 e. The molecule has 0 spiro atoms. The van der Waals surface area contributed by atoms with Crippen molar-refractivity contribution in [2.75, 3.05) is 18.4 Å². The van der Waals surface area contributed by atoms with Gasteiger partial charge < -0.3 is 5.32 Å². The first-order valence-electron chi connectivity index (χ1n) is 7.82. The number of nitriles is 1. The minimum atomic E-state index is -3.92. The van der Waals surface area contributed by atoms with Crippen LogP contribution in [-0.2, 0) is 14.8 Å². The van der Waals surface area contributed by atoms with Gasteiger partial charge in [-0.1, -0.05) is 11.6 Å². The van der Waals surface area contributed by atoms with E-state index >= 15 is 0 Å². The highest BCUT2D eigenvalue weighted by molar-refractivity contribution is 7.89. The van der Waals surface area contributed by atoms with Gasteiger partial charge in [0.2, 0.25) is 15.9 Å². The number of carbonyl (C=O) groups excluding carboxylic acids is 1. The van der Waals surface area contributed by atoms with Gasteiger partial charge in [0.15, 0.2) is 5.13 Å². The van der Waals surface area contributed by atoms with E-state index in [2.05, 4.69) is 10.3 Å². The Morgan fingerprint density at radius 2 is 2.27 bits per heavy atom. The molecule has 1 N–H and O–H groups in total. The van der Waals surface area contributed by atoms with Crippen LogP contribution in [0.25, 0.3) is 0 Å². The number of aromatic nitrogens is 1. The molecule has 26 heavy (non-hydrogen) atoms. The molecule has 0 bridgehead atoms. The van der Waals surface area contributed by atoms with E-state index in [0.717, 1.165) is 0 Å². The number of benzene rings is 1. The average molecular weight is 411 g/mol. The molecule has 1 aromatic carbocycles. The zero-order valence-corrected chi connectivity index (χ0v) is 15.9. The lowest BCUT2D eigenvalue weighted by atomic mass is 9.99. The summed E-state index contributed by atoms with van der Waals surface area (Å²) >= 11 is 7.21. The highest BCUT2D eigenvalue weighted by atomic mass is 35.5. The third-order valence-corrected chi connectivity index (χ3v) is 6.93. The zero-order chi connectivity index (χ0) is 18.7. The molecule has 1 unspecified atom stereocenters. The molecule has 1 saturated heterocycles. The van der Waals surface area contributed by atoms with Crippen LogP contribution in [-0.4, -0.2) is 36.7 Å². The van der Waals surface area contributed by atoms with Crippen molar-refractivity contribution in [2.24, 2.45) is 5.92 Å². The van der Waals surface area contributed by atoms with Gasteiger partial charge in [-0.2, -0.15) is 9.57 Å². The lowest BCUT2D eigenvalue weighted by Gasteiger charge is -2.31. The van der Waals surface area contributed by atoms with E-state index in [1.54, 1.807) is 11.6 Å². The number of amides is 1. The molecule has 136 valence electrons. The van der Waals surface area contributed by atoms with Crippen molar-refractivity contribution >= 4 is 44.0 Å². The monoisotopic (exact) mass is 410 g/mol. The van der Waals surface area contributed by atoms with Crippen molar-refractivity contribution in [3.8, 4) is 6.07 Å². The van der Waals surface area contributed by atoms with E-state index in [1.807, 2.05) is 6.07 Å². The van der Waals surface area contributed by atoms with Gasteiger partial charge in [-0.25, -0.2) is 13.4 Å². The second kappa shape index (κ2) is 7.72. The van der Waals surface area contributed by atoms with Crippen molar-refractivity contribution in [1.29, 1.82) is 5.26 Å². The lowest BCUT2D eigenvalue weighted by Crippen LogP contribution is -2.43. The molecule has 0 radical (unpaired) electrons. The molecule has 7 nitrogen and oxygen atoms in total. The molecular formula is C16H15ClN4O3S2. The molecule has 0 saturated carbocycles. The molecule has 3 rings (SSSR count). The maximum Gasteiger partial charge on any atom is 0.244 e. The van der Waals surface area contributed by atoms with Crippen LogP contribution in [0, 0.1) is 17.2 Å². The van der Waals surface area contributed by atoms with Crippen LogP contribution in [0.15, 0.2) is 34.7 Å². The molecular weight excluding hydrogens is 396 g/mol. The first-order chi connectivity index (χ1) is 12.4. The van der Waals surface area contributed by atoms with Crippen molar-refractivity contribution in [1.82, 2.24) is 9.29 Å². The average Bonchev–Trinajstić information content (AvgIpc) is 3.14. The minimum Gasteiger partial charge on any atom is -0.302 e. The van der Waals surface area contributed by atoms with Crippen LogP contribution in [0.1, 0.15) is 18.4 Å². The summed E-state index contributed by atoms with van der Waals surface area (Å²) in [6.45, 7) is 0.345.